The molecule has 0 heterocycles. The quantitative estimate of drug-likeness (QED) is 0.0588. The minimum Gasteiger partial charge on any atom is -0.490 e. The van der Waals surface area contributed by atoms with Gasteiger partial charge in [0.25, 0.3) is 0 Å². The maximum absolute atomic E-state index is 11.9. The number of carbonyl (C=O) groups excluding carboxylic acids is 2. The van der Waals surface area contributed by atoms with Gasteiger partial charge in [-0.25, -0.2) is 4.79 Å². The number of rotatable bonds is 19. The van der Waals surface area contributed by atoms with Crippen LogP contribution in [0.1, 0.15) is 44.2 Å². The van der Waals surface area contributed by atoms with Crippen LogP contribution in [0.25, 0.3) is 33.4 Å². The van der Waals surface area contributed by atoms with E-state index in [4.69, 9.17) is 24.1 Å². The Bertz CT molecular complexity index is 1690. The maximum Gasteiger partial charge on any atom is 0.335 e. The normalized spacial score (nSPS) is 11.5. The summed E-state index contributed by atoms with van der Waals surface area (Å²) in [7, 11) is 0. The van der Waals surface area contributed by atoms with E-state index in [0.717, 1.165) is 34.2 Å². The van der Waals surface area contributed by atoms with Crippen LogP contribution in [0, 0.1) is 12.8 Å². The molecule has 2 N–H and O–H groups in total. The molecule has 0 aliphatic heterocycles. The van der Waals surface area contributed by atoms with Gasteiger partial charge in [0.05, 0.1) is 24.7 Å². The second kappa shape index (κ2) is 19.3. The van der Waals surface area contributed by atoms with Crippen molar-refractivity contribution in [2.45, 2.75) is 46.5 Å². The first kappa shape index (κ1) is 37.9. The number of aliphatic hydroxyl groups is 2. The minimum absolute atomic E-state index is 0.0190. The van der Waals surface area contributed by atoms with E-state index in [1.807, 2.05) is 13.0 Å². The number of hydrogen-bond acceptors (Lipinski definition) is 8. The van der Waals surface area contributed by atoms with Crippen molar-refractivity contribution in [3.05, 3.63) is 108 Å². The Kier molecular flexibility index (Phi) is 14.6. The molecule has 0 spiro atoms. The first-order valence-corrected chi connectivity index (χ1v) is 17.2. The fraction of sp³-hybridized carbons (Fsp3) is 0.333. The summed E-state index contributed by atoms with van der Waals surface area (Å²) in [4.78, 5) is 23.8. The smallest absolute Gasteiger partial charge is 0.335 e. The summed E-state index contributed by atoms with van der Waals surface area (Å²) < 4.78 is 22.3. The number of esters is 2. The Labute approximate surface area is 295 Å². The zero-order valence-corrected chi connectivity index (χ0v) is 29.3. The molecular formula is C42H48O8. The third-order valence-corrected chi connectivity index (χ3v) is 8.43. The Morgan fingerprint density at radius 2 is 1.26 bits per heavy atom. The minimum atomic E-state index is -0.683. The molecule has 0 aromatic heterocycles. The second-order valence-electron chi connectivity index (χ2n) is 12.2. The zero-order chi connectivity index (χ0) is 35.9. The van der Waals surface area contributed by atoms with Gasteiger partial charge in [-0.15, -0.1) is 0 Å². The molecule has 0 radical (unpaired) electrons. The van der Waals surface area contributed by atoms with Crippen molar-refractivity contribution in [1.82, 2.24) is 0 Å². The van der Waals surface area contributed by atoms with Crippen molar-refractivity contribution < 1.29 is 38.7 Å². The number of ether oxygens (including phenoxy) is 4. The summed E-state index contributed by atoms with van der Waals surface area (Å²) >= 11 is 0. The lowest BCUT2D eigenvalue weighted by molar-refractivity contribution is -0.149. The highest BCUT2D eigenvalue weighted by molar-refractivity contribution is 5.87. The Morgan fingerprint density at radius 1 is 0.720 bits per heavy atom. The van der Waals surface area contributed by atoms with Gasteiger partial charge in [-0.3, -0.25) is 4.79 Å². The van der Waals surface area contributed by atoms with Gasteiger partial charge >= 0.3 is 11.9 Å². The predicted molar refractivity (Wildman–Crippen MR) is 196 cm³/mol. The van der Waals surface area contributed by atoms with Crippen molar-refractivity contribution in [3.63, 3.8) is 0 Å². The lowest BCUT2D eigenvalue weighted by Gasteiger charge is -2.17. The first-order chi connectivity index (χ1) is 24.2. The number of benzene rings is 4. The first-order valence-electron chi connectivity index (χ1n) is 17.2. The molecule has 4 rings (SSSR count). The summed E-state index contributed by atoms with van der Waals surface area (Å²) in [6.07, 6.45) is 4.84. The summed E-state index contributed by atoms with van der Waals surface area (Å²) in [5, 5.41) is 18.3. The van der Waals surface area contributed by atoms with Gasteiger partial charge in [-0.1, -0.05) is 99.1 Å². The lowest BCUT2D eigenvalue weighted by Crippen LogP contribution is -2.20. The molecule has 50 heavy (non-hydrogen) atoms. The van der Waals surface area contributed by atoms with Crippen LogP contribution in [-0.4, -0.2) is 61.8 Å². The fourth-order valence-electron chi connectivity index (χ4n) is 5.31. The van der Waals surface area contributed by atoms with Crippen LogP contribution in [0.15, 0.2) is 97.1 Å². The number of hydrogen-bond donors (Lipinski definition) is 2. The van der Waals surface area contributed by atoms with Crippen LogP contribution in [0.2, 0.25) is 0 Å². The average Bonchev–Trinajstić information content (AvgIpc) is 3.15. The van der Waals surface area contributed by atoms with Crippen molar-refractivity contribution >= 4 is 11.9 Å². The van der Waals surface area contributed by atoms with Crippen molar-refractivity contribution in [2.24, 2.45) is 5.92 Å². The number of aryl methyl sites for hydroxylation is 1. The van der Waals surface area contributed by atoms with Gasteiger partial charge in [0.2, 0.25) is 0 Å². The van der Waals surface area contributed by atoms with Crippen LogP contribution in [0.4, 0.5) is 0 Å². The molecule has 0 saturated carbocycles. The number of carbonyl (C=O) groups is 2. The molecule has 0 amide bonds. The monoisotopic (exact) mass is 680 g/mol. The lowest BCUT2D eigenvalue weighted by atomic mass is 9.95. The van der Waals surface area contributed by atoms with Gasteiger partial charge in [0.1, 0.15) is 37.9 Å². The molecule has 4 aromatic rings. The van der Waals surface area contributed by atoms with E-state index in [1.54, 1.807) is 13.0 Å². The molecule has 4 aromatic carbocycles. The zero-order valence-electron chi connectivity index (χ0n) is 29.3. The van der Waals surface area contributed by atoms with Crippen molar-refractivity contribution in [3.8, 4) is 44.9 Å². The van der Waals surface area contributed by atoms with E-state index in [2.05, 4.69) is 86.3 Å². The molecule has 264 valence electrons. The van der Waals surface area contributed by atoms with Gasteiger partial charge < -0.3 is 29.2 Å². The Balaban J connectivity index is 1.48. The SMILES string of the molecule is C=C(CO)C(=O)OCCOc1cc(OCCOC(=O)C(C)CO)cc(-c2ccc(-c3ccc(-c4ccc(CCCCC)cc4)cc3)cc2)c1C. The largest absolute Gasteiger partial charge is 0.490 e. The van der Waals surface area contributed by atoms with E-state index >= 15 is 0 Å². The molecule has 0 bridgehead atoms. The topological polar surface area (TPSA) is 112 Å². The van der Waals surface area contributed by atoms with Crippen LogP contribution >= 0.6 is 0 Å². The molecule has 8 nitrogen and oxygen atoms in total. The average molecular weight is 681 g/mol. The van der Waals surface area contributed by atoms with Crippen LogP contribution < -0.4 is 9.47 Å². The van der Waals surface area contributed by atoms with E-state index in [-0.39, 0.29) is 38.6 Å². The summed E-state index contributed by atoms with van der Waals surface area (Å²) in [6.45, 7) is 8.62. The van der Waals surface area contributed by atoms with Crippen LogP contribution in [-0.2, 0) is 25.5 Å². The highest BCUT2D eigenvalue weighted by atomic mass is 16.6. The molecule has 0 fully saturated rings. The van der Waals surface area contributed by atoms with Crippen molar-refractivity contribution in [2.75, 3.05) is 39.6 Å². The van der Waals surface area contributed by atoms with Gasteiger partial charge in [-0.05, 0) is 77.3 Å². The number of aliphatic hydroxyl groups excluding tert-OH is 2. The molecule has 0 saturated heterocycles. The highest BCUT2D eigenvalue weighted by Gasteiger charge is 2.15. The molecular weight excluding hydrogens is 632 g/mol. The third-order valence-electron chi connectivity index (χ3n) is 8.43. The third kappa shape index (κ3) is 10.8. The maximum atomic E-state index is 11.9. The molecule has 1 atom stereocenters. The highest BCUT2D eigenvalue weighted by Crippen LogP contribution is 2.36. The summed E-state index contributed by atoms with van der Waals surface area (Å²) in [6, 6.07) is 29.4. The van der Waals surface area contributed by atoms with Gasteiger partial charge in [0, 0.05) is 6.07 Å². The van der Waals surface area contributed by atoms with Gasteiger partial charge in [0.15, 0.2) is 0 Å². The standard InChI is InChI=1S/C42H48O8/c1-5-6-7-8-32-9-11-33(12-10-32)34-13-15-35(16-14-34)36-17-19-37(20-18-36)39-25-38(47-21-23-49-41(45)29(2)27-43)26-40(31(39)4)48-22-24-50-42(46)30(3)28-44/h9-20,25-26,29,43-44H,3,5-8,21-24,27-28H2,1-2,4H3. The van der Waals surface area contributed by atoms with Crippen LogP contribution in [0.3, 0.4) is 0 Å². The second-order valence-corrected chi connectivity index (χ2v) is 12.2. The molecule has 0 aliphatic carbocycles. The number of unbranched alkanes of at least 4 members (excludes halogenated alkanes) is 2. The van der Waals surface area contributed by atoms with E-state index in [1.165, 1.54) is 36.0 Å². The summed E-state index contributed by atoms with van der Waals surface area (Å²) in [5.74, 6) is -0.745. The van der Waals surface area contributed by atoms with Crippen LogP contribution in [0.5, 0.6) is 11.5 Å². The van der Waals surface area contributed by atoms with E-state index in [9.17, 15) is 14.7 Å². The van der Waals surface area contributed by atoms with E-state index in [0.29, 0.717) is 11.5 Å². The molecule has 0 aliphatic rings. The fourth-order valence-corrected chi connectivity index (χ4v) is 5.31. The van der Waals surface area contributed by atoms with Crippen molar-refractivity contribution in [1.29, 1.82) is 0 Å². The summed E-state index contributed by atoms with van der Waals surface area (Å²) in [5.41, 5.74) is 8.61. The predicted octanol–water partition coefficient (Wildman–Crippen LogP) is 7.75. The Hall–Kier alpha value is -4.92. The molecule has 1 unspecified atom stereocenters. The Morgan fingerprint density at radius 3 is 1.82 bits per heavy atom. The molecule has 8 heteroatoms. The van der Waals surface area contributed by atoms with Gasteiger partial charge in [-0.2, -0.15) is 0 Å². The van der Waals surface area contributed by atoms with E-state index < -0.39 is 24.5 Å².